The average Bonchev–Trinajstić information content (AvgIpc) is 2.52. The molecule has 0 aliphatic carbocycles. The van der Waals surface area contributed by atoms with Gasteiger partial charge in [0.1, 0.15) is 0 Å². The number of thioether (sulfide) groups is 1. The Bertz CT molecular complexity index is 102. The average molecular weight is 176 g/mol. The van der Waals surface area contributed by atoms with E-state index in [1.165, 1.54) is 5.75 Å². The molecule has 0 saturated carbocycles. The molecule has 0 spiro atoms. The number of hydrogen-bond donors (Lipinski definition) is 1. The second-order valence-corrected chi connectivity index (χ2v) is 4.00. The van der Waals surface area contributed by atoms with Crippen LogP contribution in [0.2, 0.25) is 0 Å². The van der Waals surface area contributed by atoms with Gasteiger partial charge >= 0.3 is 0 Å². The summed E-state index contributed by atoms with van der Waals surface area (Å²) in [5, 5.41) is 9.54. The van der Waals surface area contributed by atoms with Crippen molar-refractivity contribution in [2.45, 2.75) is 19.4 Å². The van der Waals surface area contributed by atoms with Gasteiger partial charge in [-0.25, -0.2) is 0 Å². The van der Waals surface area contributed by atoms with Crippen molar-refractivity contribution in [2.75, 3.05) is 24.7 Å². The maximum Gasteiger partial charge on any atom is 0.0809 e. The highest BCUT2D eigenvalue weighted by molar-refractivity contribution is 7.99. The van der Waals surface area contributed by atoms with E-state index < -0.39 is 0 Å². The second-order valence-electron chi connectivity index (χ2n) is 2.85. The summed E-state index contributed by atoms with van der Waals surface area (Å²) < 4.78 is 5.15. The zero-order valence-corrected chi connectivity index (χ0v) is 7.77. The van der Waals surface area contributed by atoms with E-state index in [1.807, 2.05) is 18.7 Å². The van der Waals surface area contributed by atoms with Crippen LogP contribution in [-0.4, -0.2) is 35.9 Å². The number of aliphatic hydroxyl groups excluding tert-OH is 1. The first-order valence-electron chi connectivity index (χ1n) is 4.18. The summed E-state index contributed by atoms with van der Waals surface area (Å²) in [6.07, 6.45) is 0.920. The number of hydrogen-bond acceptors (Lipinski definition) is 3. The highest BCUT2D eigenvalue weighted by atomic mass is 32.2. The highest BCUT2D eigenvalue weighted by Crippen LogP contribution is 2.26. The Labute approximate surface area is 72.3 Å². The summed E-state index contributed by atoms with van der Waals surface area (Å²) in [5.74, 6) is 2.79. The minimum atomic E-state index is -0.232. The summed E-state index contributed by atoms with van der Waals surface area (Å²) in [4.78, 5) is 0. The Balaban J connectivity index is 2.12. The maximum atomic E-state index is 9.54. The molecule has 1 aliphatic rings. The minimum absolute atomic E-state index is 0.232. The molecule has 11 heavy (non-hydrogen) atoms. The second kappa shape index (κ2) is 5.01. The maximum absolute atomic E-state index is 9.54. The van der Waals surface area contributed by atoms with Gasteiger partial charge in [-0.15, -0.1) is 0 Å². The third-order valence-corrected chi connectivity index (χ3v) is 3.19. The molecule has 3 heteroatoms. The van der Waals surface area contributed by atoms with Gasteiger partial charge in [0.05, 0.1) is 12.7 Å². The number of aliphatic hydroxyl groups is 1. The van der Waals surface area contributed by atoms with Gasteiger partial charge in [-0.2, -0.15) is 11.8 Å². The Morgan fingerprint density at radius 3 is 3.09 bits per heavy atom. The molecule has 0 aromatic rings. The first kappa shape index (κ1) is 9.36. The van der Waals surface area contributed by atoms with Crippen LogP contribution in [0.15, 0.2) is 0 Å². The van der Waals surface area contributed by atoms with E-state index in [1.54, 1.807) is 0 Å². The zero-order valence-electron chi connectivity index (χ0n) is 6.95. The van der Waals surface area contributed by atoms with Crippen LogP contribution in [-0.2, 0) is 4.74 Å². The third-order valence-electron chi connectivity index (χ3n) is 2.00. The van der Waals surface area contributed by atoms with Crippen LogP contribution in [0.1, 0.15) is 13.3 Å². The third kappa shape index (κ3) is 3.01. The van der Waals surface area contributed by atoms with Gasteiger partial charge < -0.3 is 9.84 Å². The van der Waals surface area contributed by atoms with Crippen molar-refractivity contribution in [3.8, 4) is 0 Å². The lowest BCUT2D eigenvalue weighted by molar-refractivity contribution is 0.0154. The molecule has 0 radical (unpaired) electrons. The van der Waals surface area contributed by atoms with E-state index in [-0.39, 0.29) is 6.10 Å². The Hall–Kier alpha value is 0.270. The first-order chi connectivity index (χ1) is 5.34. The van der Waals surface area contributed by atoms with Gasteiger partial charge in [0, 0.05) is 6.61 Å². The lowest BCUT2D eigenvalue weighted by atomic mass is 10.0. The quantitative estimate of drug-likeness (QED) is 0.696. The molecule has 1 saturated heterocycles. The molecule has 0 aromatic heterocycles. The van der Waals surface area contributed by atoms with Crippen LogP contribution in [0.3, 0.4) is 0 Å². The van der Waals surface area contributed by atoms with Crippen LogP contribution < -0.4 is 0 Å². The molecule has 1 rings (SSSR count). The molecule has 2 atom stereocenters. The molecular weight excluding hydrogens is 160 g/mol. The normalized spacial score (nSPS) is 27.3. The van der Waals surface area contributed by atoms with Crippen LogP contribution in [0.4, 0.5) is 0 Å². The Kier molecular flexibility index (Phi) is 4.26. The molecule has 2 unspecified atom stereocenters. The van der Waals surface area contributed by atoms with Crippen molar-refractivity contribution in [1.29, 1.82) is 0 Å². The number of ether oxygens (including phenoxy) is 1. The topological polar surface area (TPSA) is 29.5 Å². The standard InChI is InChI=1S/C8H16O2S/c1-2-10-5-8(9)7-3-4-11-6-7/h7-9H,2-6H2,1H3. The Morgan fingerprint density at radius 1 is 1.73 bits per heavy atom. The van der Waals surface area contributed by atoms with Gasteiger partial charge in [-0.1, -0.05) is 0 Å². The smallest absolute Gasteiger partial charge is 0.0809 e. The molecule has 1 fully saturated rings. The van der Waals surface area contributed by atoms with E-state index in [9.17, 15) is 5.11 Å². The van der Waals surface area contributed by atoms with Crippen LogP contribution >= 0.6 is 11.8 Å². The van der Waals surface area contributed by atoms with Crippen molar-refractivity contribution in [2.24, 2.45) is 5.92 Å². The lowest BCUT2D eigenvalue weighted by Crippen LogP contribution is -2.25. The monoisotopic (exact) mass is 176 g/mol. The summed E-state index contributed by atoms with van der Waals surface area (Å²) in [6.45, 7) is 3.18. The van der Waals surface area contributed by atoms with E-state index in [2.05, 4.69) is 0 Å². The predicted molar refractivity (Wildman–Crippen MR) is 47.9 cm³/mol. The predicted octanol–water partition coefficient (Wildman–Crippen LogP) is 1.14. The fraction of sp³-hybridized carbons (Fsp3) is 1.00. The highest BCUT2D eigenvalue weighted by Gasteiger charge is 2.23. The molecule has 66 valence electrons. The van der Waals surface area contributed by atoms with E-state index in [0.29, 0.717) is 19.1 Å². The lowest BCUT2D eigenvalue weighted by Gasteiger charge is -2.16. The fourth-order valence-electron chi connectivity index (χ4n) is 1.23. The SMILES string of the molecule is CCOCC(O)C1CCSC1. The first-order valence-corrected chi connectivity index (χ1v) is 5.33. The van der Waals surface area contributed by atoms with Gasteiger partial charge in [0.2, 0.25) is 0 Å². The van der Waals surface area contributed by atoms with Gasteiger partial charge in [0.25, 0.3) is 0 Å². The molecule has 0 bridgehead atoms. The molecular formula is C8H16O2S. The van der Waals surface area contributed by atoms with Crippen LogP contribution in [0, 0.1) is 5.92 Å². The Morgan fingerprint density at radius 2 is 2.55 bits per heavy atom. The molecule has 0 amide bonds. The largest absolute Gasteiger partial charge is 0.390 e. The van der Waals surface area contributed by atoms with Crippen LogP contribution in [0.5, 0.6) is 0 Å². The van der Waals surface area contributed by atoms with E-state index in [0.717, 1.165) is 12.2 Å². The molecule has 1 aliphatic heterocycles. The molecule has 1 N–H and O–H groups in total. The van der Waals surface area contributed by atoms with Crippen molar-refractivity contribution in [3.05, 3.63) is 0 Å². The molecule has 1 heterocycles. The summed E-state index contributed by atoms with van der Waals surface area (Å²) >= 11 is 1.93. The minimum Gasteiger partial charge on any atom is -0.390 e. The van der Waals surface area contributed by atoms with Crippen molar-refractivity contribution >= 4 is 11.8 Å². The van der Waals surface area contributed by atoms with E-state index >= 15 is 0 Å². The van der Waals surface area contributed by atoms with E-state index in [4.69, 9.17) is 4.74 Å². The van der Waals surface area contributed by atoms with Gasteiger partial charge in [-0.05, 0) is 30.8 Å². The summed E-state index contributed by atoms with van der Waals surface area (Å²) in [5.41, 5.74) is 0. The summed E-state index contributed by atoms with van der Waals surface area (Å²) in [6, 6.07) is 0. The van der Waals surface area contributed by atoms with Gasteiger partial charge in [-0.3, -0.25) is 0 Å². The van der Waals surface area contributed by atoms with Crippen molar-refractivity contribution in [3.63, 3.8) is 0 Å². The summed E-state index contributed by atoms with van der Waals surface area (Å²) in [7, 11) is 0. The zero-order chi connectivity index (χ0) is 8.10. The van der Waals surface area contributed by atoms with Crippen molar-refractivity contribution < 1.29 is 9.84 Å². The van der Waals surface area contributed by atoms with Crippen LogP contribution in [0.25, 0.3) is 0 Å². The van der Waals surface area contributed by atoms with Gasteiger partial charge in [0.15, 0.2) is 0 Å². The molecule has 2 nitrogen and oxygen atoms in total. The number of rotatable bonds is 4. The molecule has 0 aromatic carbocycles. The fourth-order valence-corrected chi connectivity index (χ4v) is 2.56. The van der Waals surface area contributed by atoms with Crippen molar-refractivity contribution in [1.82, 2.24) is 0 Å².